The molecular weight excluding hydrogens is 242 g/mol. The first-order chi connectivity index (χ1) is 9.26. The van der Waals surface area contributed by atoms with Crippen LogP contribution in [0.1, 0.15) is 12.0 Å². The molecule has 5 heteroatoms. The van der Waals surface area contributed by atoms with Crippen LogP contribution in [0.5, 0.6) is 0 Å². The number of hydrogen-bond donors (Lipinski definition) is 1. The van der Waals surface area contributed by atoms with Crippen molar-refractivity contribution >= 4 is 5.91 Å². The van der Waals surface area contributed by atoms with Gasteiger partial charge in [0, 0.05) is 39.1 Å². The van der Waals surface area contributed by atoms with Gasteiger partial charge in [0.1, 0.15) is 0 Å². The molecule has 5 nitrogen and oxygen atoms in total. The normalized spacial score (nSPS) is 30.3. The van der Waals surface area contributed by atoms with E-state index in [1.54, 1.807) is 7.05 Å². The molecule has 19 heavy (non-hydrogen) atoms. The van der Waals surface area contributed by atoms with Gasteiger partial charge in [0.25, 0.3) is 0 Å². The van der Waals surface area contributed by atoms with Crippen molar-refractivity contribution in [2.24, 2.45) is 5.92 Å². The smallest absolute Gasteiger partial charge is 0.225 e. The second-order valence-corrected chi connectivity index (χ2v) is 5.30. The Labute approximate surface area is 113 Å². The number of ether oxygens (including phenoxy) is 1. The highest BCUT2D eigenvalue weighted by atomic mass is 16.5. The van der Waals surface area contributed by atoms with Gasteiger partial charge in [-0.05, 0) is 24.1 Å². The Bertz CT molecular complexity index is 451. The van der Waals surface area contributed by atoms with E-state index in [-0.39, 0.29) is 24.0 Å². The van der Waals surface area contributed by atoms with E-state index in [1.165, 1.54) is 5.56 Å². The summed E-state index contributed by atoms with van der Waals surface area (Å²) < 4.78 is 5.89. The number of amides is 1. The summed E-state index contributed by atoms with van der Waals surface area (Å²) in [7, 11) is 1.69. The highest BCUT2D eigenvalue weighted by molar-refractivity contribution is 5.79. The summed E-state index contributed by atoms with van der Waals surface area (Å²) in [5, 5.41) is 2.74. The molecule has 1 amide bonds. The summed E-state index contributed by atoms with van der Waals surface area (Å²) in [5.41, 5.74) is 1.26. The number of carbonyl (C=O) groups is 1. The summed E-state index contributed by atoms with van der Waals surface area (Å²) in [6.45, 7) is 2.64. The molecule has 0 aliphatic carbocycles. The molecule has 2 aliphatic heterocycles. The van der Waals surface area contributed by atoms with Crippen LogP contribution >= 0.6 is 0 Å². The molecule has 1 N–H and O–H groups in total. The Morgan fingerprint density at radius 3 is 3.00 bits per heavy atom. The molecule has 0 spiro atoms. The van der Waals surface area contributed by atoms with Crippen molar-refractivity contribution in [1.82, 2.24) is 15.2 Å². The number of hydrogen-bond acceptors (Lipinski definition) is 4. The van der Waals surface area contributed by atoms with Gasteiger partial charge < -0.3 is 10.1 Å². The first-order valence-corrected chi connectivity index (χ1v) is 6.74. The average Bonchev–Trinajstić information content (AvgIpc) is 2.74. The second kappa shape index (κ2) is 5.27. The average molecular weight is 261 g/mol. The topological polar surface area (TPSA) is 54.5 Å². The third-order valence-corrected chi connectivity index (χ3v) is 3.97. The van der Waals surface area contributed by atoms with E-state index in [0.717, 1.165) is 26.1 Å². The van der Waals surface area contributed by atoms with Gasteiger partial charge in [-0.2, -0.15) is 0 Å². The van der Waals surface area contributed by atoms with Crippen LogP contribution in [0.4, 0.5) is 0 Å². The number of carbonyl (C=O) groups excluding carboxylic acids is 1. The third-order valence-electron chi connectivity index (χ3n) is 3.97. The Balaban J connectivity index is 1.64. The Morgan fingerprint density at radius 1 is 1.47 bits per heavy atom. The largest absolute Gasteiger partial charge is 0.371 e. The molecule has 0 saturated carbocycles. The maximum absolute atomic E-state index is 11.8. The lowest BCUT2D eigenvalue weighted by Gasteiger charge is -2.32. The number of aromatic nitrogens is 1. The number of rotatable bonds is 3. The van der Waals surface area contributed by atoms with Crippen LogP contribution in [0.25, 0.3) is 0 Å². The molecule has 0 radical (unpaired) electrons. The fraction of sp³-hybridized carbons (Fsp3) is 0.571. The van der Waals surface area contributed by atoms with Crippen LogP contribution < -0.4 is 5.32 Å². The van der Waals surface area contributed by atoms with Gasteiger partial charge >= 0.3 is 0 Å². The number of pyridine rings is 1. The zero-order valence-electron chi connectivity index (χ0n) is 11.1. The van der Waals surface area contributed by atoms with E-state index in [1.807, 2.05) is 24.5 Å². The lowest BCUT2D eigenvalue weighted by molar-refractivity contribution is -0.127. The Kier molecular flexibility index (Phi) is 3.48. The minimum Gasteiger partial charge on any atom is -0.371 e. The predicted molar refractivity (Wildman–Crippen MR) is 70.3 cm³/mol. The summed E-state index contributed by atoms with van der Waals surface area (Å²) in [6, 6.07) is 4.07. The zero-order chi connectivity index (χ0) is 13.2. The predicted octanol–water partition coefficient (Wildman–Crippen LogP) is 0.417. The van der Waals surface area contributed by atoms with Crippen molar-refractivity contribution in [1.29, 1.82) is 0 Å². The number of nitrogens with one attached hydrogen (secondary N) is 1. The molecule has 102 valence electrons. The van der Waals surface area contributed by atoms with Crippen molar-refractivity contribution in [2.45, 2.75) is 25.2 Å². The van der Waals surface area contributed by atoms with E-state index in [2.05, 4.69) is 15.2 Å². The SMILES string of the molecule is CNC(=O)C1CC2CN(Cc3ccncc3)CC1O2. The van der Waals surface area contributed by atoms with Gasteiger partial charge in [0.2, 0.25) is 5.91 Å². The van der Waals surface area contributed by atoms with Gasteiger partial charge in [0.05, 0.1) is 18.1 Å². The molecule has 3 atom stereocenters. The molecule has 2 fully saturated rings. The lowest BCUT2D eigenvalue weighted by Crippen LogP contribution is -2.44. The fourth-order valence-electron chi connectivity index (χ4n) is 3.07. The van der Waals surface area contributed by atoms with Gasteiger partial charge in [-0.1, -0.05) is 0 Å². The van der Waals surface area contributed by atoms with Crippen molar-refractivity contribution in [3.8, 4) is 0 Å². The summed E-state index contributed by atoms with van der Waals surface area (Å²) in [6.07, 6.45) is 4.72. The van der Waals surface area contributed by atoms with Gasteiger partial charge in [-0.25, -0.2) is 0 Å². The molecule has 3 heterocycles. The van der Waals surface area contributed by atoms with Crippen molar-refractivity contribution in [3.05, 3.63) is 30.1 Å². The van der Waals surface area contributed by atoms with Crippen LogP contribution in [-0.2, 0) is 16.1 Å². The number of likely N-dealkylation sites (tertiary alicyclic amines) is 1. The van der Waals surface area contributed by atoms with Crippen LogP contribution in [0.2, 0.25) is 0 Å². The quantitative estimate of drug-likeness (QED) is 0.856. The molecule has 3 unspecified atom stereocenters. The second-order valence-electron chi connectivity index (χ2n) is 5.30. The number of nitrogens with zero attached hydrogens (tertiary/aromatic N) is 2. The Hall–Kier alpha value is -1.46. The molecule has 3 rings (SSSR count). The van der Waals surface area contributed by atoms with Gasteiger partial charge in [0.15, 0.2) is 0 Å². The molecule has 2 aliphatic rings. The van der Waals surface area contributed by atoms with Gasteiger partial charge in [-0.3, -0.25) is 14.7 Å². The van der Waals surface area contributed by atoms with E-state index in [9.17, 15) is 4.79 Å². The van der Waals surface area contributed by atoms with Crippen LogP contribution in [0, 0.1) is 5.92 Å². The molecule has 1 aromatic rings. The standard InChI is InChI=1S/C14H19N3O2/c1-15-14(18)12-6-11-8-17(9-13(12)19-11)7-10-2-4-16-5-3-10/h2-5,11-13H,6-9H2,1H3,(H,15,18). The summed E-state index contributed by atoms with van der Waals surface area (Å²) >= 11 is 0. The number of fused-ring (bicyclic) bond motifs is 2. The van der Waals surface area contributed by atoms with Crippen LogP contribution in [-0.4, -0.2) is 48.1 Å². The fourth-order valence-corrected chi connectivity index (χ4v) is 3.07. The molecule has 2 bridgehead atoms. The Morgan fingerprint density at radius 2 is 2.26 bits per heavy atom. The zero-order valence-corrected chi connectivity index (χ0v) is 11.1. The number of morpholine rings is 1. The van der Waals surface area contributed by atoms with Crippen molar-refractivity contribution < 1.29 is 9.53 Å². The molecular formula is C14H19N3O2. The summed E-state index contributed by atoms with van der Waals surface area (Å²) in [5.74, 6) is 0.121. The lowest BCUT2D eigenvalue weighted by atomic mass is 10.00. The minimum absolute atomic E-state index is 0.0115. The van der Waals surface area contributed by atoms with E-state index in [4.69, 9.17) is 4.74 Å². The first kappa shape index (κ1) is 12.6. The monoisotopic (exact) mass is 261 g/mol. The molecule has 1 aromatic heterocycles. The summed E-state index contributed by atoms with van der Waals surface area (Å²) in [4.78, 5) is 18.2. The first-order valence-electron chi connectivity index (χ1n) is 6.74. The third kappa shape index (κ3) is 2.62. The van der Waals surface area contributed by atoms with Gasteiger partial charge in [-0.15, -0.1) is 0 Å². The van der Waals surface area contributed by atoms with Crippen molar-refractivity contribution in [3.63, 3.8) is 0 Å². The molecule has 0 aromatic carbocycles. The molecule has 2 saturated heterocycles. The minimum atomic E-state index is 0.0115. The highest BCUT2D eigenvalue weighted by Gasteiger charge is 2.44. The highest BCUT2D eigenvalue weighted by Crippen LogP contribution is 2.32. The van der Waals surface area contributed by atoms with Crippen LogP contribution in [0.15, 0.2) is 24.5 Å². The van der Waals surface area contributed by atoms with E-state index < -0.39 is 0 Å². The maximum Gasteiger partial charge on any atom is 0.225 e. The van der Waals surface area contributed by atoms with E-state index >= 15 is 0 Å². The maximum atomic E-state index is 11.8. The van der Waals surface area contributed by atoms with E-state index in [0.29, 0.717) is 0 Å². The van der Waals surface area contributed by atoms with Crippen LogP contribution in [0.3, 0.4) is 0 Å². The van der Waals surface area contributed by atoms with Crippen molar-refractivity contribution in [2.75, 3.05) is 20.1 Å².